The first-order valence-electron chi connectivity index (χ1n) is 2.65. The first-order valence-corrected chi connectivity index (χ1v) is 2.65. The highest BCUT2D eigenvalue weighted by molar-refractivity contribution is 5.74. The van der Waals surface area contributed by atoms with Gasteiger partial charge in [-0.2, -0.15) is 8.78 Å². The number of carbonyl (C=O) groups is 2. The number of carbonyl (C=O) groups excluding carboxylic acids is 2. The van der Waals surface area contributed by atoms with Crippen molar-refractivity contribution < 1.29 is 28.6 Å². The lowest BCUT2D eigenvalue weighted by Gasteiger charge is -2.16. The molecule has 0 unspecified atom stereocenters. The zero-order valence-corrected chi connectivity index (χ0v) is 5.30. The molecule has 0 saturated carbocycles. The molecule has 0 rings (SSSR count). The molecule has 0 radical (unpaired) electrons. The van der Waals surface area contributed by atoms with Crippen LogP contribution >= 0.6 is 0 Å². The molecule has 0 atom stereocenters. The minimum Gasteiger partial charge on any atom is -0.550 e. The van der Waals surface area contributed by atoms with Gasteiger partial charge in [-0.05, 0) is 6.42 Å². The first kappa shape index (κ1) is 9.80. The number of carboxylic acids is 2. The molecular weight excluding hydrogens is 162 g/mol. The number of hydrogen-bond acceptors (Lipinski definition) is 4. The summed E-state index contributed by atoms with van der Waals surface area (Å²) in [6.07, 6.45) is -2.29. The van der Waals surface area contributed by atoms with E-state index in [-0.39, 0.29) is 0 Å². The van der Waals surface area contributed by atoms with Crippen LogP contribution in [-0.2, 0) is 9.59 Å². The predicted octanol–water partition coefficient (Wildman–Crippen LogP) is -2.10. The molecule has 0 bridgehead atoms. The Hall–Kier alpha value is -1.20. The molecule has 0 aliphatic rings. The van der Waals surface area contributed by atoms with Gasteiger partial charge < -0.3 is 19.8 Å². The van der Waals surface area contributed by atoms with Crippen molar-refractivity contribution in [2.75, 3.05) is 0 Å². The van der Waals surface area contributed by atoms with E-state index in [1.807, 2.05) is 0 Å². The Morgan fingerprint density at radius 2 is 1.73 bits per heavy atom. The van der Waals surface area contributed by atoms with E-state index >= 15 is 0 Å². The van der Waals surface area contributed by atoms with Crippen LogP contribution in [0.1, 0.15) is 12.8 Å². The summed E-state index contributed by atoms with van der Waals surface area (Å²) in [6.45, 7) is 0. The molecule has 0 fully saturated rings. The average molecular weight is 166 g/mol. The van der Waals surface area contributed by atoms with Crippen molar-refractivity contribution in [1.29, 1.82) is 0 Å². The van der Waals surface area contributed by atoms with Crippen molar-refractivity contribution in [1.82, 2.24) is 0 Å². The molecule has 0 saturated heterocycles. The van der Waals surface area contributed by atoms with Gasteiger partial charge in [-0.1, -0.05) is 0 Å². The fourth-order valence-corrected chi connectivity index (χ4v) is 0.361. The van der Waals surface area contributed by atoms with E-state index in [1.165, 1.54) is 0 Å². The standard InChI is InChI=1S/C5H6F2O4/c6-5(7,4(10)11)2-1-3(8)9/h1-2H2,(H,8,9)(H,10,11)/p-2. The van der Waals surface area contributed by atoms with Gasteiger partial charge in [0.05, 0.1) is 0 Å². The molecule has 0 aliphatic heterocycles. The van der Waals surface area contributed by atoms with Crippen LogP contribution < -0.4 is 10.2 Å². The van der Waals surface area contributed by atoms with Gasteiger partial charge in [-0.3, -0.25) is 0 Å². The first-order chi connectivity index (χ1) is 4.86. The zero-order chi connectivity index (χ0) is 9.07. The molecule has 64 valence electrons. The second-order valence-electron chi connectivity index (χ2n) is 1.86. The highest BCUT2D eigenvalue weighted by atomic mass is 19.3. The predicted molar refractivity (Wildman–Crippen MR) is 24.2 cm³/mol. The third kappa shape index (κ3) is 3.49. The number of alkyl halides is 2. The SMILES string of the molecule is O=C([O-])CCC(F)(F)C(=O)[O-]. The Bertz CT molecular complexity index is 177. The maximum Gasteiger partial charge on any atom is 0.287 e. The van der Waals surface area contributed by atoms with E-state index in [0.29, 0.717) is 0 Å². The van der Waals surface area contributed by atoms with Crippen molar-refractivity contribution in [3.63, 3.8) is 0 Å². The lowest BCUT2D eigenvalue weighted by atomic mass is 10.2. The second-order valence-corrected chi connectivity index (χ2v) is 1.86. The average Bonchev–Trinajstić information content (AvgIpc) is 1.84. The van der Waals surface area contributed by atoms with Crippen molar-refractivity contribution in [3.8, 4) is 0 Å². The maximum atomic E-state index is 12.0. The van der Waals surface area contributed by atoms with Crippen molar-refractivity contribution in [2.45, 2.75) is 18.8 Å². The summed E-state index contributed by atoms with van der Waals surface area (Å²) in [4.78, 5) is 19.2. The number of aliphatic carboxylic acids is 2. The van der Waals surface area contributed by atoms with Crippen LogP contribution in [0.15, 0.2) is 0 Å². The summed E-state index contributed by atoms with van der Waals surface area (Å²) in [7, 11) is 0. The molecule has 0 amide bonds. The van der Waals surface area contributed by atoms with E-state index in [4.69, 9.17) is 0 Å². The quantitative estimate of drug-likeness (QED) is 0.479. The molecule has 0 aliphatic carbocycles. The molecule has 0 aromatic rings. The molecule has 4 nitrogen and oxygen atoms in total. The Labute approximate surface area is 60.4 Å². The van der Waals surface area contributed by atoms with Gasteiger partial charge in [0.1, 0.15) is 5.97 Å². The largest absolute Gasteiger partial charge is 0.550 e. The van der Waals surface area contributed by atoms with Crippen LogP contribution in [0.25, 0.3) is 0 Å². The molecule has 0 aromatic carbocycles. The summed E-state index contributed by atoms with van der Waals surface area (Å²) in [5.41, 5.74) is 0. The topological polar surface area (TPSA) is 80.3 Å². The molecule has 0 spiro atoms. The van der Waals surface area contributed by atoms with Crippen LogP contribution in [0.2, 0.25) is 0 Å². The monoisotopic (exact) mass is 166 g/mol. The van der Waals surface area contributed by atoms with Gasteiger partial charge in [-0.25, -0.2) is 0 Å². The smallest absolute Gasteiger partial charge is 0.287 e. The lowest BCUT2D eigenvalue weighted by molar-refractivity contribution is -0.331. The summed E-state index contributed by atoms with van der Waals surface area (Å²) < 4.78 is 23.9. The van der Waals surface area contributed by atoms with Gasteiger partial charge >= 0.3 is 0 Å². The van der Waals surface area contributed by atoms with E-state index in [2.05, 4.69) is 0 Å². The van der Waals surface area contributed by atoms with Crippen LogP contribution in [0.5, 0.6) is 0 Å². The minimum absolute atomic E-state index is 0.999. The summed E-state index contributed by atoms with van der Waals surface area (Å²) in [6, 6.07) is 0. The third-order valence-corrected chi connectivity index (χ3v) is 0.942. The van der Waals surface area contributed by atoms with Crippen molar-refractivity contribution in [3.05, 3.63) is 0 Å². The van der Waals surface area contributed by atoms with Crippen molar-refractivity contribution in [2.24, 2.45) is 0 Å². The minimum atomic E-state index is -4.08. The normalized spacial score (nSPS) is 11.1. The number of halogens is 2. The van der Waals surface area contributed by atoms with Crippen LogP contribution in [-0.4, -0.2) is 17.9 Å². The van der Waals surface area contributed by atoms with Gasteiger partial charge in [0.15, 0.2) is 0 Å². The molecular formula is C5H4F2O4-2. The van der Waals surface area contributed by atoms with Crippen LogP contribution in [0.4, 0.5) is 8.78 Å². The third-order valence-electron chi connectivity index (χ3n) is 0.942. The molecule has 0 N–H and O–H groups in total. The van der Waals surface area contributed by atoms with Gasteiger partial charge in [0.2, 0.25) is 0 Å². The van der Waals surface area contributed by atoms with Crippen molar-refractivity contribution >= 4 is 11.9 Å². The highest BCUT2D eigenvalue weighted by Gasteiger charge is 2.29. The van der Waals surface area contributed by atoms with E-state index in [1.54, 1.807) is 0 Å². The molecule has 0 aromatic heterocycles. The maximum absolute atomic E-state index is 12.0. The molecule has 6 heteroatoms. The second kappa shape index (κ2) is 3.27. The number of rotatable bonds is 4. The van der Waals surface area contributed by atoms with Crippen LogP contribution in [0.3, 0.4) is 0 Å². The zero-order valence-electron chi connectivity index (χ0n) is 5.30. The Morgan fingerprint density at radius 1 is 1.27 bits per heavy atom. The highest BCUT2D eigenvalue weighted by Crippen LogP contribution is 2.18. The fourth-order valence-electron chi connectivity index (χ4n) is 0.361. The van der Waals surface area contributed by atoms with Gasteiger partial charge in [-0.15, -0.1) is 0 Å². The number of hydrogen-bond donors (Lipinski definition) is 0. The van der Waals surface area contributed by atoms with E-state index in [0.717, 1.165) is 0 Å². The summed E-state index contributed by atoms with van der Waals surface area (Å²) >= 11 is 0. The molecule has 0 heterocycles. The van der Waals surface area contributed by atoms with Crippen LogP contribution in [0, 0.1) is 0 Å². The van der Waals surface area contributed by atoms with E-state index < -0.39 is 30.7 Å². The Balaban J connectivity index is 3.92. The number of carboxylic acid groups (broad SMARTS) is 2. The van der Waals surface area contributed by atoms with Gasteiger partial charge in [0, 0.05) is 12.4 Å². The van der Waals surface area contributed by atoms with E-state index in [9.17, 15) is 28.6 Å². The Morgan fingerprint density at radius 3 is 2.00 bits per heavy atom. The fraction of sp³-hybridized carbons (Fsp3) is 0.600. The summed E-state index contributed by atoms with van der Waals surface area (Å²) in [5, 5.41) is 19.2. The van der Waals surface area contributed by atoms with Gasteiger partial charge in [0.25, 0.3) is 5.92 Å². The lowest BCUT2D eigenvalue weighted by Crippen LogP contribution is -2.42. The molecule has 11 heavy (non-hydrogen) atoms. The Kier molecular flexibility index (Phi) is 2.91. The summed E-state index contributed by atoms with van der Waals surface area (Å²) in [5.74, 6) is -8.37.